The minimum atomic E-state index is 0.573. The first-order chi connectivity index (χ1) is 7.29. The Balaban J connectivity index is 2.23. The molecule has 1 aromatic heterocycles. The summed E-state index contributed by atoms with van der Waals surface area (Å²) in [4.78, 5) is 0. The van der Waals surface area contributed by atoms with Crippen LogP contribution in [-0.4, -0.2) is 17.2 Å². The Morgan fingerprint density at radius 3 is 2.47 bits per heavy atom. The van der Waals surface area contributed by atoms with Crippen LogP contribution in [0.15, 0.2) is 28.7 Å². The summed E-state index contributed by atoms with van der Waals surface area (Å²) in [5.41, 5.74) is 2.19. The van der Waals surface area contributed by atoms with Crippen molar-refractivity contribution in [3.05, 3.63) is 35.7 Å². The molecule has 2 aromatic rings. The highest BCUT2D eigenvalue weighted by molar-refractivity contribution is 5.52. The first-order valence-corrected chi connectivity index (χ1v) is 4.83. The zero-order valence-corrected chi connectivity index (χ0v) is 8.82. The van der Waals surface area contributed by atoms with Crippen LogP contribution in [0.4, 0.5) is 0 Å². The maximum absolute atomic E-state index is 5.33. The molecule has 1 heterocycles. The van der Waals surface area contributed by atoms with E-state index in [4.69, 9.17) is 4.42 Å². The second-order valence-electron chi connectivity index (χ2n) is 3.35. The van der Waals surface area contributed by atoms with E-state index in [2.05, 4.69) is 15.5 Å². The van der Waals surface area contributed by atoms with Gasteiger partial charge in [-0.05, 0) is 24.7 Å². The molecule has 4 nitrogen and oxygen atoms in total. The van der Waals surface area contributed by atoms with Crippen LogP contribution in [0.2, 0.25) is 0 Å². The SMILES string of the molecule is CNCc1ccc(-c2nnc(C)o2)cc1. The fourth-order valence-corrected chi connectivity index (χ4v) is 1.38. The molecule has 0 bridgehead atoms. The summed E-state index contributed by atoms with van der Waals surface area (Å²) in [6.45, 7) is 2.65. The number of benzene rings is 1. The van der Waals surface area contributed by atoms with Crippen molar-refractivity contribution in [1.82, 2.24) is 15.5 Å². The smallest absolute Gasteiger partial charge is 0.247 e. The van der Waals surface area contributed by atoms with Gasteiger partial charge in [0.15, 0.2) is 0 Å². The zero-order valence-electron chi connectivity index (χ0n) is 8.82. The van der Waals surface area contributed by atoms with E-state index in [0.717, 1.165) is 12.1 Å². The third-order valence-corrected chi connectivity index (χ3v) is 2.11. The van der Waals surface area contributed by atoms with Gasteiger partial charge in [0, 0.05) is 19.0 Å². The number of nitrogens with zero attached hydrogens (tertiary/aromatic N) is 2. The van der Waals surface area contributed by atoms with Gasteiger partial charge in [0.25, 0.3) is 0 Å². The lowest BCUT2D eigenvalue weighted by atomic mass is 10.1. The fourth-order valence-electron chi connectivity index (χ4n) is 1.38. The molecule has 0 radical (unpaired) electrons. The van der Waals surface area contributed by atoms with Gasteiger partial charge in [-0.2, -0.15) is 0 Å². The normalized spacial score (nSPS) is 10.5. The van der Waals surface area contributed by atoms with Gasteiger partial charge in [-0.3, -0.25) is 0 Å². The quantitative estimate of drug-likeness (QED) is 0.825. The van der Waals surface area contributed by atoms with E-state index in [-0.39, 0.29) is 0 Å². The third kappa shape index (κ3) is 2.22. The second kappa shape index (κ2) is 4.23. The number of nitrogens with one attached hydrogen (secondary N) is 1. The highest BCUT2D eigenvalue weighted by Crippen LogP contribution is 2.17. The van der Waals surface area contributed by atoms with E-state index in [1.807, 2.05) is 31.3 Å². The average molecular weight is 203 g/mol. The molecule has 15 heavy (non-hydrogen) atoms. The molecular formula is C11H13N3O. The molecule has 0 amide bonds. The molecule has 0 atom stereocenters. The van der Waals surface area contributed by atoms with Crippen molar-refractivity contribution in [3.8, 4) is 11.5 Å². The van der Waals surface area contributed by atoms with Gasteiger partial charge in [-0.1, -0.05) is 12.1 Å². The van der Waals surface area contributed by atoms with Crippen molar-refractivity contribution in [2.45, 2.75) is 13.5 Å². The number of aromatic nitrogens is 2. The van der Waals surface area contributed by atoms with Crippen molar-refractivity contribution in [3.63, 3.8) is 0 Å². The van der Waals surface area contributed by atoms with Crippen molar-refractivity contribution in [2.75, 3.05) is 7.05 Å². The Morgan fingerprint density at radius 2 is 1.93 bits per heavy atom. The van der Waals surface area contributed by atoms with Crippen LogP contribution in [-0.2, 0) is 6.54 Å². The standard InChI is InChI=1S/C11H13N3O/c1-8-13-14-11(15-8)10-5-3-9(4-6-10)7-12-2/h3-6,12H,7H2,1-2H3. The number of rotatable bonds is 3. The van der Waals surface area contributed by atoms with E-state index in [1.54, 1.807) is 6.92 Å². The average Bonchev–Trinajstić information content (AvgIpc) is 2.67. The first kappa shape index (κ1) is 9.86. The van der Waals surface area contributed by atoms with Crippen LogP contribution in [0.3, 0.4) is 0 Å². The summed E-state index contributed by atoms with van der Waals surface area (Å²) in [7, 11) is 1.93. The van der Waals surface area contributed by atoms with E-state index in [1.165, 1.54) is 5.56 Å². The molecule has 0 fully saturated rings. The van der Waals surface area contributed by atoms with Crippen LogP contribution in [0.5, 0.6) is 0 Å². The predicted octanol–water partition coefficient (Wildman–Crippen LogP) is 1.76. The van der Waals surface area contributed by atoms with Gasteiger partial charge in [0.05, 0.1) is 0 Å². The third-order valence-electron chi connectivity index (χ3n) is 2.11. The molecule has 1 aromatic carbocycles. The molecule has 0 spiro atoms. The molecule has 0 aliphatic rings. The predicted molar refractivity (Wildman–Crippen MR) is 57.2 cm³/mol. The molecule has 78 valence electrons. The van der Waals surface area contributed by atoms with E-state index < -0.39 is 0 Å². The number of hydrogen-bond donors (Lipinski definition) is 1. The van der Waals surface area contributed by atoms with Crippen LogP contribution < -0.4 is 5.32 Å². The molecule has 0 aliphatic heterocycles. The van der Waals surface area contributed by atoms with E-state index >= 15 is 0 Å². The Kier molecular flexibility index (Phi) is 2.78. The summed E-state index contributed by atoms with van der Waals surface area (Å²) in [6.07, 6.45) is 0. The van der Waals surface area contributed by atoms with Crippen molar-refractivity contribution in [1.29, 1.82) is 0 Å². The van der Waals surface area contributed by atoms with E-state index in [9.17, 15) is 0 Å². The maximum Gasteiger partial charge on any atom is 0.247 e. The minimum absolute atomic E-state index is 0.573. The lowest BCUT2D eigenvalue weighted by molar-refractivity contribution is 0.533. The number of hydrogen-bond acceptors (Lipinski definition) is 4. The second-order valence-corrected chi connectivity index (χ2v) is 3.35. The fraction of sp³-hybridized carbons (Fsp3) is 0.273. The van der Waals surface area contributed by atoms with Crippen molar-refractivity contribution < 1.29 is 4.42 Å². The molecule has 1 N–H and O–H groups in total. The Bertz CT molecular complexity index is 433. The first-order valence-electron chi connectivity index (χ1n) is 4.83. The molecule has 0 saturated heterocycles. The van der Waals surface area contributed by atoms with Crippen LogP contribution >= 0.6 is 0 Å². The number of aryl methyl sites for hydroxylation is 1. The monoisotopic (exact) mass is 203 g/mol. The molecular weight excluding hydrogens is 190 g/mol. The maximum atomic E-state index is 5.33. The highest BCUT2D eigenvalue weighted by Gasteiger charge is 2.04. The molecule has 0 aliphatic carbocycles. The summed E-state index contributed by atoms with van der Waals surface area (Å²) in [5, 5.41) is 10.8. The van der Waals surface area contributed by atoms with Gasteiger partial charge in [-0.25, -0.2) is 0 Å². The molecule has 4 heteroatoms. The highest BCUT2D eigenvalue weighted by atomic mass is 16.4. The lowest BCUT2D eigenvalue weighted by Gasteiger charge is -2.00. The van der Waals surface area contributed by atoms with Crippen molar-refractivity contribution >= 4 is 0 Å². The molecule has 2 rings (SSSR count). The molecule has 0 unspecified atom stereocenters. The summed E-state index contributed by atoms with van der Waals surface area (Å²) in [5.74, 6) is 1.16. The topological polar surface area (TPSA) is 51.0 Å². The largest absolute Gasteiger partial charge is 0.421 e. The summed E-state index contributed by atoms with van der Waals surface area (Å²) in [6, 6.07) is 8.07. The van der Waals surface area contributed by atoms with Gasteiger partial charge in [-0.15, -0.1) is 10.2 Å². The van der Waals surface area contributed by atoms with Gasteiger partial charge in [0.1, 0.15) is 0 Å². The van der Waals surface area contributed by atoms with Gasteiger partial charge < -0.3 is 9.73 Å². The Labute approximate surface area is 88.3 Å². The van der Waals surface area contributed by atoms with Crippen molar-refractivity contribution in [2.24, 2.45) is 0 Å². The summed E-state index contributed by atoms with van der Waals surface area (Å²) >= 11 is 0. The van der Waals surface area contributed by atoms with Crippen LogP contribution in [0.25, 0.3) is 11.5 Å². The van der Waals surface area contributed by atoms with E-state index in [0.29, 0.717) is 11.8 Å². The zero-order chi connectivity index (χ0) is 10.7. The van der Waals surface area contributed by atoms with Crippen LogP contribution in [0.1, 0.15) is 11.5 Å². The Hall–Kier alpha value is -1.68. The van der Waals surface area contributed by atoms with Crippen LogP contribution in [0, 0.1) is 6.92 Å². The van der Waals surface area contributed by atoms with Gasteiger partial charge >= 0.3 is 0 Å². The minimum Gasteiger partial charge on any atom is -0.421 e. The summed E-state index contributed by atoms with van der Waals surface area (Å²) < 4.78 is 5.33. The Morgan fingerprint density at radius 1 is 1.20 bits per heavy atom. The molecule has 0 saturated carbocycles. The lowest BCUT2D eigenvalue weighted by Crippen LogP contribution is -2.04. The van der Waals surface area contributed by atoms with Gasteiger partial charge in [0.2, 0.25) is 11.8 Å².